The fourth-order valence-corrected chi connectivity index (χ4v) is 1.80. The lowest BCUT2D eigenvalue weighted by atomic mass is 10.0. The van der Waals surface area contributed by atoms with Gasteiger partial charge in [0.2, 0.25) is 0 Å². The largest absolute Gasteiger partial charge is 0.294 e. The maximum absolute atomic E-state index is 12.1. The van der Waals surface area contributed by atoms with Gasteiger partial charge in [0, 0.05) is 17.6 Å². The Morgan fingerprint density at radius 1 is 1.47 bits per heavy atom. The van der Waals surface area contributed by atoms with E-state index < -0.39 is 0 Å². The molecular formula is C12H12ClN3O. The highest BCUT2D eigenvalue weighted by molar-refractivity contribution is 6.31. The molecule has 1 aromatic heterocycles. The maximum atomic E-state index is 12.1. The van der Waals surface area contributed by atoms with Crippen molar-refractivity contribution in [2.24, 2.45) is 7.05 Å². The predicted molar refractivity (Wildman–Crippen MR) is 65.2 cm³/mol. The maximum Gasteiger partial charge on any atom is 0.170 e. The number of hydrogen-bond donors (Lipinski definition) is 0. The summed E-state index contributed by atoms with van der Waals surface area (Å²) in [5, 5.41) is 4.54. The fourth-order valence-electron chi connectivity index (χ4n) is 1.63. The first-order chi connectivity index (χ1) is 8.09. The van der Waals surface area contributed by atoms with Gasteiger partial charge in [-0.15, -0.1) is 0 Å². The normalized spacial score (nSPS) is 10.5. The molecule has 2 rings (SSSR count). The summed E-state index contributed by atoms with van der Waals surface area (Å²) in [6.07, 6.45) is 1.67. The van der Waals surface area contributed by atoms with Crippen LogP contribution in [0.2, 0.25) is 5.02 Å². The number of carbonyl (C=O) groups is 1. The summed E-state index contributed by atoms with van der Waals surface area (Å²) >= 11 is 5.99. The van der Waals surface area contributed by atoms with E-state index in [1.165, 1.54) is 6.33 Å². The first-order valence-corrected chi connectivity index (χ1v) is 5.58. The monoisotopic (exact) mass is 249 g/mol. The molecule has 0 amide bonds. The van der Waals surface area contributed by atoms with Crippen LogP contribution < -0.4 is 0 Å². The predicted octanol–water partition coefficient (Wildman–Crippen LogP) is 2.20. The Kier molecular flexibility index (Phi) is 3.24. The number of hydrogen-bond acceptors (Lipinski definition) is 3. The Hall–Kier alpha value is -1.68. The van der Waals surface area contributed by atoms with Crippen LogP contribution in [0.3, 0.4) is 0 Å². The van der Waals surface area contributed by atoms with E-state index in [2.05, 4.69) is 10.1 Å². The molecule has 0 aliphatic heterocycles. The number of halogens is 1. The van der Waals surface area contributed by atoms with Gasteiger partial charge in [-0.1, -0.05) is 23.7 Å². The minimum Gasteiger partial charge on any atom is -0.294 e. The van der Waals surface area contributed by atoms with Crippen molar-refractivity contribution in [2.75, 3.05) is 0 Å². The van der Waals surface area contributed by atoms with Crippen molar-refractivity contribution in [1.29, 1.82) is 0 Å². The Morgan fingerprint density at radius 3 is 2.88 bits per heavy atom. The Balaban J connectivity index is 2.27. The summed E-state index contributed by atoms with van der Waals surface area (Å²) in [7, 11) is 1.76. The third kappa shape index (κ3) is 2.36. The zero-order valence-electron chi connectivity index (χ0n) is 9.64. The number of nitrogens with zero attached hydrogens (tertiary/aromatic N) is 3. The second-order valence-electron chi connectivity index (χ2n) is 3.81. The van der Waals surface area contributed by atoms with Gasteiger partial charge < -0.3 is 0 Å². The van der Waals surface area contributed by atoms with E-state index in [1.807, 2.05) is 6.92 Å². The molecule has 1 heterocycles. The Morgan fingerprint density at radius 2 is 2.24 bits per heavy atom. The van der Waals surface area contributed by atoms with Gasteiger partial charge >= 0.3 is 0 Å². The third-order valence-electron chi connectivity index (χ3n) is 2.69. The van der Waals surface area contributed by atoms with Crippen LogP contribution in [0.15, 0.2) is 24.5 Å². The molecule has 17 heavy (non-hydrogen) atoms. The molecule has 0 fully saturated rings. The molecule has 0 unspecified atom stereocenters. The van der Waals surface area contributed by atoms with Crippen LogP contribution in [0.4, 0.5) is 0 Å². The van der Waals surface area contributed by atoms with Gasteiger partial charge in [0.05, 0.1) is 6.42 Å². The van der Waals surface area contributed by atoms with Gasteiger partial charge in [-0.25, -0.2) is 4.98 Å². The third-order valence-corrected chi connectivity index (χ3v) is 3.10. The van der Waals surface area contributed by atoms with Crippen LogP contribution >= 0.6 is 11.6 Å². The number of aromatic nitrogens is 3. The van der Waals surface area contributed by atoms with Crippen LogP contribution in [-0.4, -0.2) is 20.5 Å². The second-order valence-corrected chi connectivity index (χ2v) is 4.22. The first kappa shape index (κ1) is 11.8. The highest BCUT2D eigenvalue weighted by atomic mass is 35.5. The summed E-state index contributed by atoms with van der Waals surface area (Å²) in [4.78, 5) is 16.1. The van der Waals surface area contributed by atoms with Gasteiger partial charge in [0.25, 0.3) is 0 Å². The van der Waals surface area contributed by atoms with Crippen molar-refractivity contribution < 1.29 is 4.79 Å². The quantitative estimate of drug-likeness (QED) is 0.784. The zero-order chi connectivity index (χ0) is 12.4. The lowest BCUT2D eigenvalue weighted by molar-refractivity contribution is 0.0989. The average molecular weight is 250 g/mol. The SMILES string of the molecule is Cc1c(Cl)cccc1C(=O)Cc1ncnn1C. The molecule has 0 aliphatic rings. The van der Waals surface area contributed by atoms with Crippen LogP contribution in [0.1, 0.15) is 21.7 Å². The van der Waals surface area contributed by atoms with E-state index in [-0.39, 0.29) is 12.2 Å². The van der Waals surface area contributed by atoms with Crippen LogP contribution in [-0.2, 0) is 13.5 Å². The van der Waals surface area contributed by atoms with E-state index in [9.17, 15) is 4.79 Å². The minimum absolute atomic E-state index is 0.00102. The molecule has 1 aromatic carbocycles. The number of benzene rings is 1. The van der Waals surface area contributed by atoms with Crippen molar-refractivity contribution in [3.63, 3.8) is 0 Å². The zero-order valence-corrected chi connectivity index (χ0v) is 10.4. The Labute approximate surface area is 104 Å². The van der Waals surface area contributed by atoms with Crippen molar-refractivity contribution in [3.05, 3.63) is 46.5 Å². The summed E-state index contributed by atoms with van der Waals surface area (Å²) < 4.78 is 1.60. The summed E-state index contributed by atoms with van der Waals surface area (Å²) in [6, 6.07) is 5.33. The number of rotatable bonds is 3. The van der Waals surface area contributed by atoms with E-state index in [0.29, 0.717) is 16.4 Å². The molecule has 0 N–H and O–H groups in total. The molecule has 4 nitrogen and oxygen atoms in total. The highest BCUT2D eigenvalue weighted by Gasteiger charge is 2.14. The standard InChI is InChI=1S/C12H12ClN3O/c1-8-9(4-3-5-10(8)13)11(17)6-12-14-7-15-16(12)2/h3-5,7H,6H2,1-2H3. The minimum atomic E-state index is 0.00102. The summed E-state index contributed by atoms with van der Waals surface area (Å²) in [5.74, 6) is 0.649. The molecule has 0 radical (unpaired) electrons. The molecule has 0 bridgehead atoms. The van der Waals surface area contributed by atoms with Crippen LogP contribution in [0.5, 0.6) is 0 Å². The van der Waals surface area contributed by atoms with Crippen LogP contribution in [0, 0.1) is 6.92 Å². The van der Waals surface area contributed by atoms with E-state index in [1.54, 1.807) is 29.9 Å². The lowest BCUT2D eigenvalue weighted by Gasteiger charge is -2.06. The highest BCUT2D eigenvalue weighted by Crippen LogP contribution is 2.19. The van der Waals surface area contributed by atoms with Crippen molar-refractivity contribution in [1.82, 2.24) is 14.8 Å². The number of Topliss-reactive ketones (excluding diaryl/α,β-unsaturated/α-hetero) is 1. The van der Waals surface area contributed by atoms with E-state index in [4.69, 9.17) is 11.6 Å². The molecule has 5 heteroatoms. The topological polar surface area (TPSA) is 47.8 Å². The fraction of sp³-hybridized carbons (Fsp3) is 0.250. The molecular weight excluding hydrogens is 238 g/mol. The van der Waals surface area contributed by atoms with Gasteiger partial charge in [-0.2, -0.15) is 5.10 Å². The number of carbonyl (C=O) groups excluding carboxylic acids is 1. The lowest BCUT2D eigenvalue weighted by Crippen LogP contribution is -2.10. The van der Waals surface area contributed by atoms with Gasteiger partial charge in [-0.3, -0.25) is 9.48 Å². The van der Waals surface area contributed by atoms with Gasteiger partial charge in [0.1, 0.15) is 12.2 Å². The molecule has 0 saturated heterocycles. The molecule has 0 atom stereocenters. The van der Waals surface area contributed by atoms with Gasteiger partial charge in [0.15, 0.2) is 5.78 Å². The number of aryl methyl sites for hydroxylation is 1. The van der Waals surface area contributed by atoms with Crippen molar-refractivity contribution in [3.8, 4) is 0 Å². The van der Waals surface area contributed by atoms with Crippen LogP contribution in [0.25, 0.3) is 0 Å². The second kappa shape index (κ2) is 4.67. The molecule has 88 valence electrons. The number of ketones is 1. The summed E-state index contributed by atoms with van der Waals surface area (Å²) in [6.45, 7) is 1.84. The van der Waals surface area contributed by atoms with Gasteiger partial charge in [-0.05, 0) is 18.6 Å². The van der Waals surface area contributed by atoms with E-state index in [0.717, 1.165) is 5.56 Å². The van der Waals surface area contributed by atoms with Crippen molar-refractivity contribution >= 4 is 17.4 Å². The molecule has 0 aliphatic carbocycles. The molecule has 0 saturated carbocycles. The van der Waals surface area contributed by atoms with Crippen molar-refractivity contribution in [2.45, 2.75) is 13.3 Å². The molecule has 0 spiro atoms. The first-order valence-electron chi connectivity index (χ1n) is 5.21. The Bertz CT molecular complexity index is 563. The summed E-state index contributed by atoms with van der Waals surface area (Å²) in [5.41, 5.74) is 1.45. The molecule has 2 aromatic rings. The average Bonchev–Trinajstić information content (AvgIpc) is 2.68. The smallest absolute Gasteiger partial charge is 0.170 e. The van der Waals surface area contributed by atoms with E-state index >= 15 is 0 Å².